The summed E-state index contributed by atoms with van der Waals surface area (Å²) in [6.45, 7) is 13.6. The quantitative estimate of drug-likeness (QED) is 0.448. The lowest BCUT2D eigenvalue weighted by molar-refractivity contribution is -0.234. The van der Waals surface area contributed by atoms with E-state index in [1.807, 2.05) is 0 Å². The van der Waals surface area contributed by atoms with Crippen LogP contribution < -0.4 is 0 Å². The SMILES string of the molecule is C=C1C[C@]2(O)[C@@]3(C)CCC(=O)C(C)(C)C3=C(O)C(=O)[C@@]2(C)[C@@H]2C(=O)O[C@H](C)C(=O)[C@@]12C. The molecular weight excluding hydrogens is 400 g/mol. The lowest BCUT2D eigenvalue weighted by atomic mass is 9.35. The van der Waals surface area contributed by atoms with Crippen molar-refractivity contribution < 1.29 is 34.1 Å². The van der Waals surface area contributed by atoms with Gasteiger partial charge in [-0.3, -0.25) is 19.2 Å². The Morgan fingerprint density at radius 3 is 2.23 bits per heavy atom. The van der Waals surface area contributed by atoms with Gasteiger partial charge in [0.05, 0.1) is 22.3 Å². The minimum Gasteiger partial charge on any atom is -0.504 e. The van der Waals surface area contributed by atoms with E-state index in [-0.39, 0.29) is 36.4 Å². The second-order valence-electron chi connectivity index (χ2n) is 10.9. The van der Waals surface area contributed by atoms with Gasteiger partial charge in [0.15, 0.2) is 17.6 Å². The Balaban J connectivity index is 2.08. The number of esters is 1. The van der Waals surface area contributed by atoms with Crippen molar-refractivity contribution in [1.29, 1.82) is 0 Å². The molecule has 4 aliphatic rings. The Labute approximate surface area is 181 Å². The smallest absolute Gasteiger partial charge is 0.312 e. The molecule has 4 rings (SSSR count). The van der Waals surface area contributed by atoms with Crippen LogP contribution in [0.3, 0.4) is 0 Å². The zero-order chi connectivity index (χ0) is 23.5. The minimum atomic E-state index is -1.85. The molecule has 7 nitrogen and oxygen atoms in total. The van der Waals surface area contributed by atoms with Crippen molar-refractivity contribution in [3.63, 3.8) is 0 Å². The van der Waals surface area contributed by atoms with E-state index in [0.717, 1.165) is 0 Å². The molecule has 0 radical (unpaired) electrons. The van der Waals surface area contributed by atoms with E-state index >= 15 is 0 Å². The van der Waals surface area contributed by atoms with Gasteiger partial charge in [-0.25, -0.2) is 0 Å². The molecule has 31 heavy (non-hydrogen) atoms. The normalized spacial score (nSPS) is 46.9. The molecule has 2 saturated carbocycles. The molecule has 0 bridgehead atoms. The summed E-state index contributed by atoms with van der Waals surface area (Å²) in [6.07, 6.45) is -0.752. The first kappa shape index (κ1) is 21.9. The number of rotatable bonds is 0. The van der Waals surface area contributed by atoms with E-state index in [9.17, 15) is 29.4 Å². The van der Waals surface area contributed by atoms with Crippen molar-refractivity contribution in [2.75, 3.05) is 0 Å². The van der Waals surface area contributed by atoms with Gasteiger partial charge in [0.25, 0.3) is 0 Å². The van der Waals surface area contributed by atoms with E-state index in [1.165, 1.54) is 13.8 Å². The second-order valence-corrected chi connectivity index (χ2v) is 10.9. The summed E-state index contributed by atoms with van der Waals surface area (Å²) in [7, 11) is 0. The van der Waals surface area contributed by atoms with Crippen LogP contribution in [0.2, 0.25) is 0 Å². The molecule has 0 unspecified atom stereocenters. The summed E-state index contributed by atoms with van der Waals surface area (Å²) >= 11 is 0. The Hall–Kier alpha value is -2.28. The van der Waals surface area contributed by atoms with Crippen LogP contribution in [-0.2, 0) is 23.9 Å². The lowest BCUT2D eigenvalue weighted by Crippen LogP contribution is -2.76. The maximum absolute atomic E-state index is 13.8. The number of hydrogen-bond donors (Lipinski definition) is 2. The van der Waals surface area contributed by atoms with Gasteiger partial charge in [0.2, 0.25) is 5.78 Å². The first-order valence-corrected chi connectivity index (χ1v) is 10.7. The van der Waals surface area contributed by atoms with Crippen molar-refractivity contribution in [2.24, 2.45) is 27.6 Å². The largest absolute Gasteiger partial charge is 0.504 e. The average Bonchev–Trinajstić information content (AvgIpc) is 2.66. The molecule has 0 aromatic heterocycles. The van der Waals surface area contributed by atoms with Crippen LogP contribution in [0.25, 0.3) is 0 Å². The zero-order valence-electron chi connectivity index (χ0n) is 18.9. The Kier molecular flexibility index (Phi) is 4.06. The van der Waals surface area contributed by atoms with Crippen LogP contribution in [0.1, 0.15) is 60.8 Å². The van der Waals surface area contributed by atoms with Gasteiger partial charge >= 0.3 is 5.97 Å². The first-order valence-electron chi connectivity index (χ1n) is 10.7. The number of aliphatic hydroxyl groups excluding tert-OH is 1. The van der Waals surface area contributed by atoms with Crippen LogP contribution >= 0.6 is 0 Å². The second kappa shape index (κ2) is 5.74. The van der Waals surface area contributed by atoms with E-state index < -0.39 is 56.8 Å². The molecule has 1 heterocycles. The molecule has 3 aliphatic carbocycles. The summed E-state index contributed by atoms with van der Waals surface area (Å²) in [4.78, 5) is 52.9. The van der Waals surface area contributed by atoms with Crippen LogP contribution in [0, 0.1) is 27.6 Å². The number of ketones is 3. The third kappa shape index (κ3) is 2.04. The van der Waals surface area contributed by atoms with Gasteiger partial charge in [-0.15, -0.1) is 0 Å². The number of aliphatic hydroxyl groups is 2. The minimum absolute atomic E-state index is 0.106. The lowest BCUT2D eigenvalue weighted by Gasteiger charge is -2.68. The topological polar surface area (TPSA) is 118 Å². The predicted molar refractivity (Wildman–Crippen MR) is 110 cm³/mol. The number of allylic oxidation sites excluding steroid dienone is 1. The highest BCUT2D eigenvalue weighted by Gasteiger charge is 2.79. The van der Waals surface area contributed by atoms with Crippen molar-refractivity contribution in [1.82, 2.24) is 0 Å². The zero-order valence-corrected chi connectivity index (χ0v) is 18.9. The number of carbonyl (C=O) groups is 4. The van der Waals surface area contributed by atoms with Gasteiger partial charge < -0.3 is 14.9 Å². The highest BCUT2D eigenvalue weighted by Crippen LogP contribution is 2.72. The fourth-order valence-corrected chi connectivity index (χ4v) is 7.25. The Bertz CT molecular complexity index is 1020. The summed E-state index contributed by atoms with van der Waals surface area (Å²) in [5.41, 5.74) is -6.90. The van der Waals surface area contributed by atoms with Gasteiger partial charge in [-0.05, 0) is 53.0 Å². The molecule has 7 heteroatoms. The summed E-state index contributed by atoms with van der Waals surface area (Å²) in [5.74, 6) is -4.06. The standard InChI is InChI=1S/C24H30O7/c1-11-10-24(30)21(5)9-8-13(25)20(3,4)15(21)14(26)18(28)23(24,7)16-19(29)31-12(2)17(27)22(11,16)6/h12,16,26,30H,1,8-10H2,2-7H3/t12-,16-,21+,22+,23-,24+/m1/s1. The molecule has 0 aromatic carbocycles. The van der Waals surface area contributed by atoms with Crippen LogP contribution in [0.4, 0.5) is 0 Å². The van der Waals surface area contributed by atoms with Gasteiger partial charge in [-0.2, -0.15) is 0 Å². The van der Waals surface area contributed by atoms with Crippen molar-refractivity contribution in [3.05, 3.63) is 23.5 Å². The van der Waals surface area contributed by atoms with Crippen LogP contribution in [0.15, 0.2) is 23.5 Å². The monoisotopic (exact) mass is 430 g/mol. The van der Waals surface area contributed by atoms with E-state index in [2.05, 4.69) is 6.58 Å². The maximum Gasteiger partial charge on any atom is 0.312 e. The number of cyclic esters (lactones) is 1. The van der Waals surface area contributed by atoms with Gasteiger partial charge in [0.1, 0.15) is 5.78 Å². The molecule has 3 fully saturated rings. The fraction of sp³-hybridized carbons (Fsp3) is 0.667. The molecular formula is C24H30O7. The number of Topliss-reactive ketones (excluding diaryl/α,β-unsaturated/α-hetero) is 3. The molecule has 0 spiro atoms. The summed E-state index contributed by atoms with van der Waals surface area (Å²) in [6, 6.07) is 0. The van der Waals surface area contributed by atoms with E-state index in [0.29, 0.717) is 5.57 Å². The number of carbonyl (C=O) groups excluding carboxylic acids is 4. The Morgan fingerprint density at radius 2 is 1.65 bits per heavy atom. The molecule has 1 aliphatic heterocycles. The third-order valence-electron chi connectivity index (χ3n) is 9.19. The highest BCUT2D eigenvalue weighted by molar-refractivity contribution is 6.09. The average molecular weight is 430 g/mol. The molecule has 0 aromatic rings. The molecule has 1 saturated heterocycles. The predicted octanol–water partition coefficient (Wildman–Crippen LogP) is 2.61. The molecule has 6 atom stereocenters. The fourth-order valence-electron chi connectivity index (χ4n) is 7.25. The number of ether oxygens (including phenoxy) is 1. The number of fused-ring (bicyclic) bond motifs is 5. The van der Waals surface area contributed by atoms with Crippen molar-refractivity contribution in [3.8, 4) is 0 Å². The summed E-state index contributed by atoms with van der Waals surface area (Å²) in [5, 5.41) is 23.5. The Morgan fingerprint density at radius 1 is 1.06 bits per heavy atom. The molecule has 2 N–H and O–H groups in total. The molecule has 168 valence electrons. The van der Waals surface area contributed by atoms with Gasteiger partial charge in [0, 0.05) is 17.3 Å². The third-order valence-corrected chi connectivity index (χ3v) is 9.19. The van der Waals surface area contributed by atoms with E-state index in [4.69, 9.17) is 4.74 Å². The van der Waals surface area contributed by atoms with Crippen LogP contribution in [-0.4, -0.2) is 45.2 Å². The maximum atomic E-state index is 13.8. The van der Waals surface area contributed by atoms with E-state index in [1.54, 1.807) is 27.7 Å². The van der Waals surface area contributed by atoms with Gasteiger partial charge in [-0.1, -0.05) is 19.1 Å². The van der Waals surface area contributed by atoms with Crippen LogP contribution in [0.5, 0.6) is 0 Å². The van der Waals surface area contributed by atoms with Crippen molar-refractivity contribution in [2.45, 2.75) is 72.5 Å². The highest BCUT2D eigenvalue weighted by atomic mass is 16.5. The summed E-state index contributed by atoms with van der Waals surface area (Å²) < 4.78 is 5.31. The first-order chi connectivity index (χ1) is 14.0. The molecule has 0 amide bonds. The number of hydrogen-bond acceptors (Lipinski definition) is 7. The van der Waals surface area contributed by atoms with Crippen molar-refractivity contribution >= 4 is 23.3 Å².